The number of rotatable bonds is 6. The molecule has 17 heavy (non-hydrogen) atoms. The molecular formula is C14H28N2O. The molecule has 0 radical (unpaired) electrons. The van der Waals surface area contributed by atoms with Crippen LogP contribution in [0.25, 0.3) is 0 Å². The highest BCUT2D eigenvalue weighted by Crippen LogP contribution is 2.47. The van der Waals surface area contributed by atoms with E-state index in [1.54, 1.807) is 0 Å². The first-order chi connectivity index (χ1) is 8.01. The minimum Gasteiger partial charge on any atom is -0.378 e. The maximum absolute atomic E-state index is 5.82. The Morgan fingerprint density at radius 1 is 1.35 bits per heavy atom. The van der Waals surface area contributed by atoms with Crippen LogP contribution in [-0.2, 0) is 4.74 Å². The lowest BCUT2D eigenvalue weighted by Crippen LogP contribution is -2.35. The SMILES string of the molecule is CC(C)OCC1(CN2CC[C@H](N(C)C)C2)CC1. The summed E-state index contributed by atoms with van der Waals surface area (Å²) in [6.07, 6.45) is 4.43. The average Bonchev–Trinajstić information content (AvgIpc) is 2.84. The van der Waals surface area contributed by atoms with Crippen molar-refractivity contribution in [2.24, 2.45) is 5.41 Å². The average molecular weight is 240 g/mol. The summed E-state index contributed by atoms with van der Waals surface area (Å²) in [5.41, 5.74) is 0.505. The lowest BCUT2D eigenvalue weighted by molar-refractivity contribution is 0.0329. The zero-order valence-electron chi connectivity index (χ0n) is 11.9. The summed E-state index contributed by atoms with van der Waals surface area (Å²) in [5, 5.41) is 0. The Labute approximate surface area is 106 Å². The van der Waals surface area contributed by atoms with E-state index in [9.17, 15) is 0 Å². The lowest BCUT2D eigenvalue weighted by atomic mass is 10.1. The molecule has 1 aliphatic carbocycles. The first-order valence-electron chi connectivity index (χ1n) is 7.01. The molecule has 1 saturated carbocycles. The van der Waals surface area contributed by atoms with Gasteiger partial charge in [0, 0.05) is 24.5 Å². The van der Waals surface area contributed by atoms with E-state index < -0.39 is 0 Å². The summed E-state index contributed by atoms with van der Waals surface area (Å²) >= 11 is 0. The Balaban J connectivity index is 1.74. The second-order valence-corrected chi connectivity index (χ2v) is 6.50. The molecule has 0 aromatic carbocycles. The van der Waals surface area contributed by atoms with E-state index in [-0.39, 0.29) is 0 Å². The predicted octanol–water partition coefficient (Wildman–Crippen LogP) is 1.83. The fourth-order valence-corrected chi connectivity index (χ4v) is 2.72. The third-order valence-corrected chi connectivity index (χ3v) is 4.22. The van der Waals surface area contributed by atoms with Crippen LogP contribution < -0.4 is 0 Å². The standard InChI is InChI=1S/C14H28N2O/c1-12(2)17-11-14(6-7-14)10-16-8-5-13(9-16)15(3)4/h12-13H,5-11H2,1-4H3/t13-/m0/s1. The van der Waals surface area contributed by atoms with Gasteiger partial charge in [0.05, 0.1) is 12.7 Å². The van der Waals surface area contributed by atoms with E-state index in [4.69, 9.17) is 4.74 Å². The Bertz CT molecular complexity index is 249. The van der Waals surface area contributed by atoms with Gasteiger partial charge in [0.1, 0.15) is 0 Å². The summed E-state index contributed by atoms with van der Waals surface area (Å²) in [6, 6.07) is 0.761. The van der Waals surface area contributed by atoms with Crippen LogP contribution >= 0.6 is 0 Å². The monoisotopic (exact) mass is 240 g/mol. The second kappa shape index (κ2) is 5.25. The van der Waals surface area contributed by atoms with E-state index >= 15 is 0 Å². The molecule has 0 spiro atoms. The minimum atomic E-state index is 0.376. The first-order valence-corrected chi connectivity index (χ1v) is 7.01. The maximum atomic E-state index is 5.82. The summed E-state index contributed by atoms with van der Waals surface area (Å²) in [6.45, 7) is 9.00. The molecule has 3 nitrogen and oxygen atoms in total. The minimum absolute atomic E-state index is 0.376. The van der Waals surface area contributed by atoms with Crippen LogP contribution in [0.2, 0.25) is 0 Å². The third kappa shape index (κ3) is 3.67. The number of likely N-dealkylation sites (tertiary alicyclic amines) is 1. The van der Waals surface area contributed by atoms with Crippen LogP contribution in [0.1, 0.15) is 33.1 Å². The maximum Gasteiger partial charge on any atom is 0.0538 e. The Morgan fingerprint density at radius 3 is 2.53 bits per heavy atom. The molecule has 1 heterocycles. The number of likely N-dealkylation sites (N-methyl/N-ethyl adjacent to an activating group) is 1. The van der Waals surface area contributed by atoms with Gasteiger partial charge in [0.2, 0.25) is 0 Å². The van der Waals surface area contributed by atoms with Gasteiger partial charge >= 0.3 is 0 Å². The summed E-state index contributed by atoms with van der Waals surface area (Å²) < 4.78 is 5.82. The highest BCUT2D eigenvalue weighted by atomic mass is 16.5. The molecule has 100 valence electrons. The van der Waals surface area contributed by atoms with Gasteiger partial charge in [-0.2, -0.15) is 0 Å². The molecule has 0 amide bonds. The summed E-state index contributed by atoms with van der Waals surface area (Å²) in [7, 11) is 4.39. The van der Waals surface area contributed by atoms with Crippen LogP contribution in [0.3, 0.4) is 0 Å². The van der Waals surface area contributed by atoms with Crippen LogP contribution in [0.15, 0.2) is 0 Å². The number of nitrogens with zero attached hydrogens (tertiary/aromatic N) is 2. The predicted molar refractivity (Wildman–Crippen MR) is 71.3 cm³/mol. The van der Waals surface area contributed by atoms with Crippen molar-refractivity contribution in [3.8, 4) is 0 Å². The molecule has 1 saturated heterocycles. The van der Waals surface area contributed by atoms with Crippen molar-refractivity contribution in [3.05, 3.63) is 0 Å². The van der Waals surface area contributed by atoms with E-state index in [1.807, 2.05) is 0 Å². The van der Waals surface area contributed by atoms with Gasteiger partial charge in [-0.05, 0) is 53.8 Å². The third-order valence-electron chi connectivity index (χ3n) is 4.22. The highest BCUT2D eigenvalue weighted by Gasteiger charge is 2.45. The molecule has 2 fully saturated rings. The fourth-order valence-electron chi connectivity index (χ4n) is 2.72. The van der Waals surface area contributed by atoms with Gasteiger partial charge in [0.25, 0.3) is 0 Å². The van der Waals surface area contributed by atoms with Crippen molar-refractivity contribution in [1.82, 2.24) is 9.80 Å². The molecule has 2 rings (SSSR count). The van der Waals surface area contributed by atoms with Gasteiger partial charge < -0.3 is 14.5 Å². The molecular weight excluding hydrogens is 212 g/mol. The molecule has 0 aromatic rings. The van der Waals surface area contributed by atoms with Crippen molar-refractivity contribution in [3.63, 3.8) is 0 Å². The van der Waals surface area contributed by atoms with Crippen molar-refractivity contribution in [1.29, 1.82) is 0 Å². The van der Waals surface area contributed by atoms with E-state index in [1.165, 1.54) is 38.9 Å². The van der Waals surface area contributed by atoms with Crippen molar-refractivity contribution >= 4 is 0 Å². The van der Waals surface area contributed by atoms with Crippen LogP contribution in [-0.4, -0.2) is 62.3 Å². The van der Waals surface area contributed by atoms with Crippen LogP contribution in [0, 0.1) is 5.41 Å². The lowest BCUT2D eigenvalue weighted by Gasteiger charge is -2.25. The van der Waals surface area contributed by atoms with E-state index in [0.717, 1.165) is 12.6 Å². The largest absolute Gasteiger partial charge is 0.378 e. The summed E-state index contributed by atoms with van der Waals surface area (Å²) in [4.78, 5) is 5.01. The van der Waals surface area contributed by atoms with Crippen molar-refractivity contribution < 1.29 is 4.74 Å². The second-order valence-electron chi connectivity index (χ2n) is 6.50. The highest BCUT2D eigenvalue weighted by molar-refractivity contribution is 4.97. The van der Waals surface area contributed by atoms with Crippen molar-refractivity contribution in [2.45, 2.75) is 45.3 Å². The Hall–Kier alpha value is -0.120. The first kappa shape index (κ1) is 13.3. The quantitative estimate of drug-likeness (QED) is 0.704. The van der Waals surface area contributed by atoms with Gasteiger partial charge in [-0.3, -0.25) is 0 Å². The molecule has 0 bridgehead atoms. The van der Waals surface area contributed by atoms with Crippen LogP contribution in [0.5, 0.6) is 0 Å². The molecule has 0 aromatic heterocycles. The topological polar surface area (TPSA) is 15.7 Å². The molecule has 0 N–H and O–H groups in total. The van der Waals surface area contributed by atoms with Gasteiger partial charge in [-0.1, -0.05) is 0 Å². The normalized spacial score (nSPS) is 28.2. The number of ether oxygens (including phenoxy) is 1. The zero-order chi connectivity index (χ0) is 12.5. The van der Waals surface area contributed by atoms with Crippen LogP contribution in [0.4, 0.5) is 0 Å². The number of hydrogen-bond acceptors (Lipinski definition) is 3. The molecule has 1 atom stereocenters. The number of hydrogen-bond donors (Lipinski definition) is 0. The smallest absolute Gasteiger partial charge is 0.0538 e. The summed E-state index contributed by atoms with van der Waals surface area (Å²) in [5.74, 6) is 0. The zero-order valence-corrected chi connectivity index (χ0v) is 11.9. The molecule has 2 aliphatic rings. The van der Waals surface area contributed by atoms with Gasteiger partial charge in [-0.15, -0.1) is 0 Å². The van der Waals surface area contributed by atoms with E-state index in [2.05, 4.69) is 37.7 Å². The molecule has 3 heteroatoms. The van der Waals surface area contributed by atoms with Crippen molar-refractivity contribution in [2.75, 3.05) is 40.3 Å². The Kier molecular flexibility index (Phi) is 4.11. The molecule has 0 unspecified atom stereocenters. The van der Waals surface area contributed by atoms with Gasteiger partial charge in [0.15, 0.2) is 0 Å². The Morgan fingerprint density at radius 2 is 2.06 bits per heavy atom. The van der Waals surface area contributed by atoms with Gasteiger partial charge in [-0.25, -0.2) is 0 Å². The fraction of sp³-hybridized carbons (Fsp3) is 1.00. The van der Waals surface area contributed by atoms with E-state index in [0.29, 0.717) is 11.5 Å². The molecule has 1 aliphatic heterocycles.